The van der Waals surface area contributed by atoms with Crippen LogP contribution in [0.5, 0.6) is 11.6 Å². The molecule has 1 aromatic heterocycles. The van der Waals surface area contributed by atoms with Crippen molar-refractivity contribution in [2.24, 2.45) is 0 Å². The van der Waals surface area contributed by atoms with Crippen molar-refractivity contribution in [2.45, 2.75) is 6.42 Å². The smallest absolute Gasteiger partial charge is 0.225 e. The Hall–Kier alpha value is -2.48. The van der Waals surface area contributed by atoms with E-state index in [0.717, 1.165) is 18.0 Å². The summed E-state index contributed by atoms with van der Waals surface area (Å²) >= 11 is 0. The number of hydrogen-bond donors (Lipinski definition) is 0. The van der Waals surface area contributed by atoms with Gasteiger partial charge in [-0.15, -0.1) is 0 Å². The van der Waals surface area contributed by atoms with Gasteiger partial charge in [-0.3, -0.25) is 0 Å². The van der Waals surface area contributed by atoms with Gasteiger partial charge >= 0.3 is 0 Å². The zero-order valence-electron chi connectivity index (χ0n) is 8.80. The predicted molar refractivity (Wildman–Crippen MR) is 57.8 cm³/mol. The molecule has 0 aliphatic heterocycles. The second-order valence-corrected chi connectivity index (χ2v) is 3.26. The van der Waals surface area contributed by atoms with Crippen molar-refractivity contribution < 1.29 is 9.13 Å². The zero-order valence-corrected chi connectivity index (χ0v) is 8.80. The molecule has 4 nitrogen and oxygen atoms in total. The highest BCUT2D eigenvalue weighted by molar-refractivity contribution is 5.31. The maximum Gasteiger partial charge on any atom is 0.225 e. The first kappa shape index (κ1) is 11.0. The number of nitrogens with zero attached hydrogens (tertiary/aromatic N) is 3. The van der Waals surface area contributed by atoms with Gasteiger partial charge in [-0.25, -0.2) is 9.97 Å². The Kier molecular flexibility index (Phi) is 3.26. The molecule has 1 heterocycles. The molecule has 0 aliphatic rings. The minimum Gasteiger partial charge on any atom is -0.439 e. The van der Waals surface area contributed by atoms with Crippen LogP contribution in [0.15, 0.2) is 36.7 Å². The number of aromatic nitrogens is 2. The third kappa shape index (κ3) is 2.98. The summed E-state index contributed by atoms with van der Waals surface area (Å²) < 4.78 is 18.1. The van der Waals surface area contributed by atoms with Crippen molar-refractivity contribution in [1.29, 1.82) is 5.26 Å². The first-order valence-electron chi connectivity index (χ1n) is 4.89. The molecule has 84 valence electrons. The number of hydrogen-bond acceptors (Lipinski definition) is 4. The van der Waals surface area contributed by atoms with E-state index in [9.17, 15) is 4.39 Å². The SMILES string of the molecule is N#CCc1ccc(Oc2cc(F)ncn2)cc1. The minimum absolute atomic E-state index is 0.144. The Morgan fingerprint density at radius 3 is 2.65 bits per heavy atom. The number of halogens is 1. The van der Waals surface area contributed by atoms with Gasteiger partial charge in [0, 0.05) is 0 Å². The summed E-state index contributed by atoms with van der Waals surface area (Å²) in [5.41, 5.74) is 0.897. The van der Waals surface area contributed by atoms with Crippen molar-refractivity contribution in [3.05, 3.63) is 48.2 Å². The maximum atomic E-state index is 12.8. The molecule has 0 N–H and O–H groups in total. The van der Waals surface area contributed by atoms with E-state index in [1.54, 1.807) is 24.3 Å². The van der Waals surface area contributed by atoms with E-state index >= 15 is 0 Å². The molecule has 17 heavy (non-hydrogen) atoms. The summed E-state index contributed by atoms with van der Waals surface area (Å²) in [7, 11) is 0. The average Bonchev–Trinajstić information content (AvgIpc) is 2.32. The van der Waals surface area contributed by atoms with Gasteiger partial charge in [0.2, 0.25) is 11.8 Å². The second-order valence-electron chi connectivity index (χ2n) is 3.26. The highest BCUT2D eigenvalue weighted by Crippen LogP contribution is 2.19. The summed E-state index contributed by atoms with van der Waals surface area (Å²) in [5.74, 6) is 0.0337. The summed E-state index contributed by atoms with van der Waals surface area (Å²) in [4.78, 5) is 7.09. The highest BCUT2D eigenvalue weighted by Gasteiger charge is 2.01. The molecular weight excluding hydrogens is 221 g/mol. The van der Waals surface area contributed by atoms with E-state index in [1.165, 1.54) is 0 Å². The van der Waals surface area contributed by atoms with Gasteiger partial charge in [-0.2, -0.15) is 9.65 Å². The van der Waals surface area contributed by atoms with E-state index in [1.807, 2.05) is 6.07 Å². The van der Waals surface area contributed by atoms with Gasteiger partial charge < -0.3 is 4.74 Å². The number of nitriles is 1. The van der Waals surface area contributed by atoms with Crippen molar-refractivity contribution in [3.8, 4) is 17.7 Å². The average molecular weight is 229 g/mol. The van der Waals surface area contributed by atoms with Crippen LogP contribution < -0.4 is 4.74 Å². The van der Waals surface area contributed by atoms with Crippen molar-refractivity contribution in [2.75, 3.05) is 0 Å². The predicted octanol–water partition coefficient (Wildman–Crippen LogP) is 2.47. The molecule has 0 saturated carbocycles. The lowest BCUT2D eigenvalue weighted by molar-refractivity contribution is 0.450. The van der Waals surface area contributed by atoms with Crippen LogP contribution >= 0.6 is 0 Å². The standard InChI is InChI=1S/C12H8FN3O/c13-11-7-12(16-8-15-11)17-10-3-1-9(2-4-10)5-6-14/h1-4,7-8H,5H2. The molecule has 0 fully saturated rings. The molecule has 0 unspecified atom stereocenters. The van der Waals surface area contributed by atoms with Gasteiger partial charge in [0.15, 0.2) is 0 Å². The second kappa shape index (κ2) is 5.03. The van der Waals surface area contributed by atoms with Crippen LogP contribution in [0.2, 0.25) is 0 Å². The Bertz CT molecular complexity index is 548. The van der Waals surface area contributed by atoms with E-state index in [-0.39, 0.29) is 5.88 Å². The fourth-order valence-corrected chi connectivity index (χ4v) is 1.26. The Morgan fingerprint density at radius 1 is 1.24 bits per heavy atom. The van der Waals surface area contributed by atoms with E-state index < -0.39 is 5.95 Å². The topological polar surface area (TPSA) is 58.8 Å². The number of ether oxygens (including phenoxy) is 1. The maximum absolute atomic E-state index is 12.8. The Morgan fingerprint density at radius 2 is 2.00 bits per heavy atom. The largest absolute Gasteiger partial charge is 0.439 e. The summed E-state index contributed by atoms with van der Waals surface area (Å²) in [6.07, 6.45) is 1.44. The van der Waals surface area contributed by atoms with Crippen LogP contribution in [0.1, 0.15) is 5.56 Å². The molecule has 1 aromatic carbocycles. The monoisotopic (exact) mass is 229 g/mol. The number of benzene rings is 1. The van der Waals surface area contributed by atoms with Crippen LogP contribution in [-0.2, 0) is 6.42 Å². The molecule has 2 aromatic rings. The third-order valence-corrected chi connectivity index (χ3v) is 2.04. The van der Waals surface area contributed by atoms with Gasteiger partial charge in [0.25, 0.3) is 0 Å². The molecule has 0 atom stereocenters. The first-order chi connectivity index (χ1) is 8.28. The molecule has 0 radical (unpaired) electrons. The zero-order chi connectivity index (χ0) is 12.1. The molecule has 5 heteroatoms. The van der Waals surface area contributed by atoms with Crippen LogP contribution in [-0.4, -0.2) is 9.97 Å². The molecule has 0 aliphatic carbocycles. The molecule has 0 amide bonds. The van der Waals surface area contributed by atoms with E-state index in [4.69, 9.17) is 10.00 Å². The number of rotatable bonds is 3. The van der Waals surface area contributed by atoms with Crippen molar-refractivity contribution in [3.63, 3.8) is 0 Å². The van der Waals surface area contributed by atoms with Crippen LogP contribution in [0.4, 0.5) is 4.39 Å². The van der Waals surface area contributed by atoms with Crippen LogP contribution in [0.3, 0.4) is 0 Å². The lowest BCUT2D eigenvalue weighted by Crippen LogP contribution is -1.91. The highest BCUT2D eigenvalue weighted by atomic mass is 19.1. The van der Waals surface area contributed by atoms with Crippen molar-refractivity contribution in [1.82, 2.24) is 9.97 Å². The first-order valence-corrected chi connectivity index (χ1v) is 4.89. The molecule has 0 bridgehead atoms. The summed E-state index contributed by atoms with van der Waals surface area (Å²) in [6.45, 7) is 0. The molecular formula is C12H8FN3O. The quantitative estimate of drug-likeness (QED) is 0.758. The van der Waals surface area contributed by atoms with Gasteiger partial charge in [-0.1, -0.05) is 12.1 Å². The van der Waals surface area contributed by atoms with Gasteiger partial charge in [0.1, 0.15) is 12.1 Å². The molecule has 0 spiro atoms. The molecule has 0 saturated heterocycles. The Labute approximate surface area is 97.3 Å². The van der Waals surface area contributed by atoms with Gasteiger partial charge in [0.05, 0.1) is 18.6 Å². The lowest BCUT2D eigenvalue weighted by atomic mass is 10.2. The minimum atomic E-state index is -0.642. The summed E-state index contributed by atoms with van der Waals surface area (Å²) in [6, 6.07) is 10.1. The summed E-state index contributed by atoms with van der Waals surface area (Å²) in [5, 5.41) is 8.51. The normalized spacial score (nSPS) is 9.65. The molecule has 2 rings (SSSR count). The lowest BCUT2D eigenvalue weighted by Gasteiger charge is -2.04. The van der Waals surface area contributed by atoms with Gasteiger partial charge in [-0.05, 0) is 17.7 Å². The van der Waals surface area contributed by atoms with Crippen LogP contribution in [0.25, 0.3) is 0 Å². The van der Waals surface area contributed by atoms with E-state index in [0.29, 0.717) is 12.2 Å². The third-order valence-electron chi connectivity index (χ3n) is 2.04. The van der Waals surface area contributed by atoms with Crippen LogP contribution in [0, 0.1) is 17.3 Å². The fraction of sp³-hybridized carbons (Fsp3) is 0.0833. The van der Waals surface area contributed by atoms with E-state index in [2.05, 4.69) is 9.97 Å². The van der Waals surface area contributed by atoms with Crippen molar-refractivity contribution >= 4 is 0 Å². The fourth-order valence-electron chi connectivity index (χ4n) is 1.26. The Balaban J connectivity index is 2.11.